The number of aliphatic hydroxyl groups excluding tert-OH is 1. The molecule has 212 valence electrons. The van der Waals surface area contributed by atoms with Crippen molar-refractivity contribution in [3.63, 3.8) is 0 Å². The Morgan fingerprint density at radius 2 is 1.85 bits per heavy atom. The van der Waals surface area contributed by atoms with Gasteiger partial charge >= 0.3 is 6.09 Å². The quantitative estimate of drug-likeness (QED) is 0.261. The van der Waals surface area contributed by atoms with Crippen LogP contribution in [-0.2, 0) is 11.2 Å². The molecule has 1 aliphatic heterocycles. The summed E-state index contributed by atoms with van der Waals surface area (Å²) >= 11 is 0. The maximum absolute atomic E-state index is 15.6. The van der Waals surface area contributed by atoms with Crippen molar-refractivity contribution in [1.82, 2.24) is 15.2 Å². The third-order valence-corrected chi connectivity index (χ3v) is 6.53. The van der Waals surface area contributed by atoms with Crippen molar-refractivity contribution in [1.29, 1.82) is 0 Å². The van der Waals surface area contributed by atoms with E-state index in [0.717, 1.165) is 28.6 Å². The SMILES string of the molecule is C[C@@H]1Cc2c([nH]c3ccccc23)[C@@H](c2c(F)cc(OCCNC(=O)OC(C)(C)C)cc2F)N1CC(F)(F)CO. The van der Waals surface area contributed by atoms with Gasteiger partial charge in [-0.3, -0.25) is 4.90 Å². The maximum atomic E-state index is 15.6. The number of carbonyl (C=O) groups excluding carboxylic acids is 1. The van der Waals surface area contributed by atoms with Gasteiger partial charge in [0.05, 0.1) is 19.1 Å². The maximum Gasteiger partial charge on any atom is 0.407 e. The summed E-state index contributed by atoms with van der Waals surface area (Å²) in [5.74, 6) is -5.53. The zero-order chi connectivity index (χ0) is 28.5. The Hall–Kier alpha value is -3.31. The molecule has 7 nitrogen and oxygen atoms in total. The normalized spacial score (nSPS) is 18.2. The number of aromatic amines is 1. The van der Waals surface area contributed by atoms with Gasteiger partial charge in [0.15, 0.2) is 0 Å². The minimum Gasteiger partial charge on any atom is -0.492 e. The second-order valence-electron chi connectivity index (χ2n) is 10.8. The van der Waals surface area contributed by atoms with Gasteiger partial charge in [-0.25, -0.2) is 22.4 Å². The van der Waals surface area contributed by atoms with Crippen molar-refractivity contribution in [3.8, 4) is 5.75 Å². The Morgan fingerprint density at radius 1 is 1.18 bits per heavy atom. The van der Waals surface area contributed by atoms with Crippen LogP contribution < -0.4 is 10.1 Å². The summed E-state index contributed by atoms with van der Waals surface area (Å²) < 4.78 is 70.6. The summed E-state index contributed by atoms with van der Waals surface area (Å²) in [6, 6.07) is 7.63. The molecule has 4 rings (SSSR count). The smallest absolute Gasteiger partial charge is 0.407 e. The zero-order valence-electron chi connectivity index (χ0n) is 22.3. The van der Waals surface area contributed by atoms with Crippen LogP contribution in [0.2, 0.25) is 0 Å². The topological polar surface area (TPSA) is 86.8 Å². The van der Waals surface area contributed by atoms with Gasteiger partial charge in [-0.15, -0.1) is 0 Å². The molecule has 39 heavy (non-hydrogen) atoms. The van der Waals surface area contributed by atoms with Gasteiger partial charge in [-0.05, 0) is 45.7 Å². The molecule has 0 spiro atoms. The number of alkyl carbamates (subject to hydrolysis) is 1. The molecule has 1 aromatic heterocycles. The molecule has 0 saturated carbocycles. The van der Waals surface area contributed by atoms with Crippen LogP contribution >= 0.6 is 0 Å². The molecule has 3 N–H and O–H groups in total. The fourth-order valence-electron chi connectivity index (χ4n) is 4.92. The molecule has 0 radical (unpaired) electrons. The van der Waals surface area contributed by atoms with Gasteiger partial charge in [0.1, 0.15) is 36.2 Å². The Kier molecular flexibility index (Phi) is 8.13. The standard InChI is InChI=1S/C28H33F4N3O4/c1-16-11-19-18-7-5-6-8-22(18)34-24(19)25(35(16)14-28(31,32)15-36)23-20(29)12-17(13-21(23)30)38-10-9-33-26(37)39-27(2,3)4/h5-8,12-13,16,25,34,36H,9-11,14-15H2,1-4H3,(H,33,37)/t16-,25-/m1/s1. The average Bonchev–Trinajstić information content (AvgIpc) is 3.20. The minimum atomic E-state index is -3.48. The van der Waals surface area contributed by atoms with Gasteiger partial charge < -0.3 is 24.9 Å². The summed E-state index contributed by atoms with van der Waals surface area (Å²) in [6.45, 7) is 4.53. The summed E-state index contributed by atoms with van der Waals surface area (Å²) in [4.78, 5) is 16.3. The Labute approximate surface area is 224 Å². The van der Waals surface area contributed by atoms with E-state index in [1.54, 1.807) is 27.7 Å². The zero-order valence-corrected chi connectivity index (χ0v) is 22.3. The van der Waals surface area contributed by atoms with E-state index in [9.17, 15) is 18.7 Å². The van der Waals surface area contributed by atoms with Crippen molar-refractivity contribution in [2.45, 2.75) is 57.7 Å². The molecule has 0 aliphatic carbocycles. The molecule has 0 bridgehead atoms. The van der Waals surface area contributed by atoms with Crippen LogP contribution in [0.1, 0.15) is 50.6 Å². The monoisotopic (exact) mass is 551 g/mol. The van der Waals surface area contributed by atoms with Gasteiger partial charge in [0.2, 0.25) is 0 Å². The molecular weight excluding hydrogens is 518 g/mol. The van der Waals surface area contributed by atoms with Gasteiger partial charge in [-0.1, -0.05) is 18.2 Å². The van der Waals surface area contributed by atoms with Crippen LogP contribution in [0.15, 0.2) is 36.4 Å². The second-order valence-corrected chi connectivity index (χ2v) is 10.8. The average molecular weight is 552 g/mol. The lowest BCUT2D eigenvalue weighted by molar-refractivity contribution is -0.0869. The first-order chi connectivity index (χ1) is 18.3. The Morgan fingerprint density at radius 3 is 2.49 bits per heavy atom. The fourth-order valence-corrected chi connectivity index (χ4v) is 4.92. The van der Waals surface area contributed by atoms with Crippen LogP contribution in [0.4, 0.5) is 22.4 Å². The molecule has 2 atom stereocenters. The predicted octanol–water partition coefficient (Wildman–Crippen LogP) is 5.31. The van der Waals surface area contributed by atoms with Crippen molar-refractivity contribution in [3.05, 3.63) is 64.9 Å². The number of hydrogen-bond acceptors (Lipinski definition) is 5. The fraction of sp³-hybridized carbons (Fsp3) is 0.464. The van der Waals surface area contributed by atoms with E-state index in [4.69, 9.17) is 9.47 Å². The lowest BCUT2D eigenvalue weighted by Gasteiger charge is -2.42. The number of ether oxygens (including phenoxy) is 2. The summed E-state index contributed by atoms with van der Waals surface area (Å²) in [5.41, 5.74) is 0.884. The molecule has 1 amide bonds. The number of benzene rings is 2. The highest BCUT2D eigenvalue weighted by molar-refractivity contribution is 5.85. The number of para-hydroxylation sites is 1. The molecule has 11 heteroatoms. The molecule has 2 heterocycles. The van der Waals surface area contributed by atoms with Crippen LogP contribution in [0, 0.1) is 11.6 Å². The van der Waals surface area contributed by atoms with Crippen LogP contribution in [0.3, 0.4) is 0 Å². The number of alkyl halides is 2. The first-order valence-electron chi connectivity index (χ1n) is 12.7. The molecule has 1 aliphatic rings. The van der Waals surface area contributed by atoms with E-state index in [0.29, 0.717) is 12.1 Å². The molecule has 0 saturated heterocycles. The first-order valence-corrected chi connectivity index (χ1v) is 12.7. The number of H-pyrrole nitrogens is 1. The Bertz CT molecular complexity index is 1320. The minimum absolute atomic E-state index is 0.0302. The van der Waals surface area contributed by atoms with Gasteiger partial charge in [0.25, 0.3) is 5.92 Å². The number of hydrogen-bond donors (Lipinski definition) is 3. The number of aromatic nitrogens is 1. The molecule has 0 fully saturated rings. The molecule has 2 aromatic carbocycles. The summed E-state index contributed by atoms with van der Waals surface area (Å²) in [5, 5.41) is 12.6. The highest BCUT2D eigenvalue weighted by Crippen LogP contribution is 2.43. The molecule has 3 aromatic rings. The third-order valence-electron chi connectivity index (χ3n) is 6.53. The van der Waals surface area contributed by atoms with Gasteiger partial charge in [0, 0.05) is 40.3 Å². The van der Waals surface area contributed by atoms with E-state index < -0.39 is 60.1 Å². The van der Waals surface area contributed by atoms with Crippen molar-refractivity contribution < 1.29 is 36.9 Å². The van der Waals surface area contributed by atoms with E-state index in [2.05, 4.69) is 10.3 Å². The molecule has 0 unspecified atom stereocenters. The lowest BCUT2D eigenvalue weighted by Crippen LogP contribution is -2.49. The largest absolute Gasteiger partial charge is 0.492 e. The second kappa shape index (κ2) is 11.1. The van der Waals surface area contributed by atoms with E-state index in [1.165, 1.54) is 4.90 Å². The number of nitrogens with zero attached hydrogens (tertiary/aromatic N) is 1. The van der Waals surface area contributed by atoms with Crippen LogP contribution in [0.25, 0.3) is 10.9 Å². The highest BCUT2D eigenvalue weighted by Gasteiger charge is 2.43. The van der Waals surface area contributed by atoms with Crippen molar-refractivity contribution in [2.75, 3.05) is 26.3 Å². The van der Waals surface area contributed by atoms with Crippen molar-refractivity contribution >= 4 is 17.0 Å². The summed E-state index contributed by atoms with van der Waals surface area (Å²) in [7, 11) is 0. The predicted molar refractivity (Wildman–Crippen MR) is 138 cm³/mol. The lowest BCUT2D eigenvalue weighted by atomic mass is 9.87. The number of amides is 1. The third kappa shape index (κ3) is 6.47. The number of aliphatic hydroxyl groups is 1. The number of nitrogens with one attached hydrogen (secondary N) is 2. The van der Waals surface area contributed by atoms with E-state index in [1.807, 2.05) is 24.3 Å². The first kappa shape index (κ1) is 28.7. The summed E-state index contributed by atoms with van der Waals surface area (Å²) in [6.07, 6.45) is -0.272. The number of rotatable bonds is 8. The molecular formula is C28H33F4N3O4. The van der Waals surface area contributed by atoms with Crippen molar-refractivity contribution in [2.24, 2.45) is 0 Å². The van der Waals surface area contributed by atoms with Crippen LogP contribution in [-0.4, -0.2) is 65.0 Å². The number of carbonyl (C=O) groups is 1. The Balaban J connectivity index is 1.63. The highest BCUT2D eigenvalue weighted by atomic mass is 19.3. The van der Waals surface area contributed by atoms with E-state index >= 15 is 8.78 Å². The number of fused-ring (bicyclic) bond motifs is 3. The van der Waals surface area contributed by atoms with E-state index in [-0.39, 0.29) is 18.9 Å². The van der Waals surface area contributed by atoms with Gasteiger partial charge in [-0.2, -0.15) is 0 Å². The van der Waals surface area contributed by atoms with Crippen LogP contribution in [0.5, 0.6) is 5.75 Å². The number of halogens is 4.